The summed E-state index contributed by atoms with van der Waals surface area (Å²) in [6, 6.07) is 26.7. The Morgan fingerprint density at radius 2 is 1.11 bits per heavy atom. The van der Waals surface area contributed by atoms with E-state index in [1.807, 2.05) is 51.1 Å². The van der Waals surface area contributed by atoms with Gasteiger partial charge in [0.15, 0.2) is 0 Å². The molecule has 0 spiro atoms. The topological polar surface area (TPSA) is 62.6 Å². The fourth-order valence-electron chi connectivity index (χ4n) is 4.52. The summed E-state index contributed by atoms with van der Waals surface area (Å²) < 4.78 is 2.08. The number of imide groups is 2. The van der Waals surface area contributed by atoms with E-state index in [2.05, 4.69) is 4.57 Å². The molecule has 0 bridgehead atoms. The van der Waals surface area contributed by atoms with Gasteiger partial charge in [-0.25, -0.2) is 14.6 Å². The molecule has 0 aliphatic carbocycles. The monoisotopic (exact) mass is 475 g/mol. The summed E-state index contributed by atoms with van der Waals surface area (Å²) in [6.07, 6.45) is 1.59. The van der Waals surface area contributed by atoms with Gasteiger partial charge < -0.3 is 4.57 Å². The molecule has 0 radical (unpaired) electrons. The number of anilines is 2. The van der Waals surface area contributed by atoms with Gasteiger partial charge in [-0.2, -0.15) is 0 Å². The first-order valence-electron chi connectivity index (χ1n) is 11.7. The smallest absolute Gasteiger partial charge is 0.318 e. The molecular formula is C30H25N3O3. The number of carbonyl (C=O) groups excluding carboxylic acids is 3. The van der Waals surface area contributed by atoms with Crippen LogP contribution < -0.4 is 9.80 Å². The van der Waals surface area contributed by atoms with Crippen molar-refractivity contribution in [1.29, 1.82) is 0 Å². The lowest BCUT2D eigenvalue weighted by atomic mass is 10.0. The Bertz CT molecular complexity index is 1440. The lowest BCUT2D eigenvalue weighted by molar-refractivity contribution is -0.121. The zero-order chi connectivity index (χ0) is 25.4. The van der Waals surface area contributed by atoms with E-state index in [0.717, 1.165) is 38.0 Å². The fraction of sp³-hybridized carbons (Fsp3) is 0.100. The van der Waals surface area contributed by atoms with Crippen LogP contribution in [0.2, 0.25) is 0 Å². The van der Waals surface area contributed by atoms with Gasteiger partial charge in [0.25, 0.3) is 11.8 Å². The lowest BCUT2D eigenvalue weighted by Crippen LogP contribution is -2.57. The maximum absolute atomic E-state index is 13.6. The molecule has 3 aromatic carbocycles. The number of para-hydroxylation sites is 2. The van der Waals surface area contributed by atoms with Crippen molar-refractivity contribution < 1.29 is 14.4 Å². The van der Waals surface area contributed by atoms with Gasteiger partial charge in [-0.05, 0) is 74.9 Å². The Morgan fingerprint density at radius 1 is 0.611 bits per heavy atom. The van der Waals surface area contributed by atoms with E-state index in [1.165, 1.54) is 0 Å². The van der Waals surface area contributed by atoms with E-state index < -0.39 is 17.8 Å². The first-order valence-corrected chi connectivity index (χ1v) is 11.7. The molecule has 0 N–H and O–H groups in total. The largest absolute Gasteiger partial charge is 0.343 e. The highest BCUT2D eigenvalue weighted by Crippen LogP contribution is 2.31. The third-order valence-electron chi connectivity index (χ3n) is 6.34. The molecule has 2 heterocycles. The Morgan fingerprint density at radius 3 is 1.61 bits per heavy atom. The van der Waals surface area contributed by atoms with Crippen LogP contribution in [0.25, 0.3) is 11.8 Å². The first kappa shape index (κ1) is 23.1. The van der Waals surface area contributed by atoms with Gasteiger partial charge >= 0.3 is 6.03 Å². The van der Waals surface area contributed by atoms with Crippen molar-refractivity contribution in [3.8, 4) is 5.69 Å². The van der Waals surface area contributed by atoms with Crippen molar-refractivity contribution in [3.05, 3.63) is 119 Å². The maximum atomic E-state index is 13.6. The Kier molecular flexibility index (Phi) is 5.86. The van der Waals surface area contributed by atoms with Crippen LogP contribution >= 0.6 is 0 Å². The summed E-state index contributed by atoms with van der Waals surface area (Å²) in [5.41, 5.74) is 5.47. The molecule has 5 rings (SSSR count). The standard InChI is InChI=1S/C30H25N3O3/c1-20-14-16-26(17-15-20)31-21(2)18-23(22(31)3)19-27-28(34)32(24-10-6-4-7-11-24)30(36)33(29(27)35)25-12-8-5-9-13-25/h4-19H,1-3H3. The third-order valence-corrected chi connectivity index (χ3v) is 6.34. The number of amides is 4. The summed E-state index contributed by atoms with van der Waals surface area (Å²) in [5.74, 6) is -1.30. The fourth-order valence-corrected chi connectivity index (χ4v) is 4.52. The van der Waals surface area contributed by atoms with Crippen molar-refractivity contribution in [3.63, 3.8) is 0 Å². The molecule has 6 nitrogen and oxygen atoms in total. The molecule has 0 saturated carbocycles. The number of rotatable bonds is 4. The normalized spacial score (nSPS) is 14.0. The van der Waals surface area contributed by atoms with Crippen LogP contribution in [0.5, 0.6) is 0 Å². The minimum Gasteiger partial charge on any atom is -0.318 e. The molecule has 178 valence electrons. The Balaban J connectivity index is 1.65. The number of aromatic nitrogens is 1. The van der Waals surface area contributed by atoms with Crippen molar-refractivity contribution in [1.82, 2.24) is 4.57 Å². The van der Waals surface area contributed by atoms with E-state index in [4.69, 9.17) is 0 Å². The van der Waals surface area contributed by atoms with Crippen LogP contribution in [-0.2, 0) is 9.59 Å². The summed E-state index contributed by atoms with van der Waals surface area (Å²) in [5, 5.41) is 0. The van der Waals surface area contributed by atoms with E-state index in [0.29, 0.717) is 11.4 Å². The van der Waals surface area contributed by atoms with Crippen LogP contribution in [0.3, 0.4) is 0 Å². The Labute approximate surface area is 209 Å². The molecular weight excluding hydrogens is 450 g/mol. The number of hydrogen-bond donors (Lipinski definition) is 0. The highest BCUT2D eigenvalue weighted by Gasteiger charge is 2.43. The second kappa shape index (κ2) is 9.15. The average Bonchev–Trinajstić information content (AvgIpc) is 3.16. The molecule has 6 heteroatoms. The average molecular weight is 476 g/mol. The van der Waals surface area contributed by atoms with Crippen LogP contribution in [0.1, 0.15) is 22.5 Å². The van der Waals surface area contributed by atoms with Crippen LogP contribution in [0, 0.1) is 20.8 Å². The van der Waals surface area contributed by atoms with E-state index in [-0.39, 0.29) is 5.57 Å². The number of hydrogen-bond acceptors (Lipinski definition) is 3. The maximum Gasteiger partial charge on any atom is 0.343 e. The molecule has 0 atom stereocenters. The second-order valence-electron chi connectivity index (χ2n) is 8.79. The second-order valence-corrected chi connectivity index (χ2v) is 8.79. The SMILES string of the molecule is Cc1ccc(-n2c(C)cc(C=C3C(=O)N(c4ccccc4)C(=O)N(c4ccccc4)C3=O)c2C)cc1. The minimum atomic E-state index is -0.704. The van der Waals surface area contributed by atoms with Gasteiger partial charge in [-0.1, -0.05) is 54.1 Å². The number of urea groups is 1. The third kappa shape index (κ3) is 3.92. The van der Waals surface area contributed by atoms with Crippen molar-refractivity contribution in [2.45, 2.75) is 20.8 Å². The zero-order valence-electron chi connectivity index (χ0n) is 20.3. The molecule has 4 amide bonds. The molecule has 0 unspecified atom stereocenters. The first-order chi connectivity index (χ1) is 17.4. The van der Waals surface area contributed by atoms with Crippen LogP contribution in [0.4, 0.5) is 16.2 Å². The van der Waals surface area contributed by atoms with E-state index in [1.54, 1.807) is 66.7 Å². The summed E-state index contributed by atoms with van der Waals surface area (Å²) in [7, 11) is 0. The molecule has 1 aromatic heterocycles. The molecule has 4 aromatic rings. The van der Waals surface area contributed by atoms with E-state index in [9.17, 15) is 14.4 Å². The highest BCUT2D eigenvalue weighted by molar-refractivity contribution is 6.46. The van der Waals surface area contributed by atoms with Gasteiger partial charge in [-0.3, -0.25) is 9.59 Å². The van der Waals surface area contributed by atoms with Gasteiger partial charge in [0.2, 0.25) is 0 Å². The molecule has 1 aliphatic heterocycles. The van der Waals surface area contributed by atoms with Crippen molar-refractivity contribution >= 4 is 35.3 Å². The number of carbonyl (C=O) groups is 3. The molecule has 1 aliphatic rings. The summed E-state index contributed by atoms with van der Waals surface area (Å²) in [4.78, 5) is 42.8. The number of benzene rings is 3. The molecule has 1 fully saturated rings. The van der Waals surface area contributed by atoms with Crippen molar-refractivity contribution in [2.24, 2.45) is 0 Å². The highest BCUT2D eigenvalue weighted by atomic mass is 16.2. The molecule has 1 saturated heterocycles. The minimum absolute atomic E-state index is 0.0773. The summed E-state index contributed by atoms with van der Waals surface area (Å²) in [6.45, 7) is 5.97. The zero-order valence-corrected chi connectivity index (χ0v) is 20.3. The van der Waals surface area contributed by atoms with Gasteiger partial charge in [0.05, 0.1) is 11.4 Å². The van der Waals surface area contributed by atoms with Crippen molar-refractivity contribution in [2.75, 3.05) is 9.80 Å². The van der Waals surface area contributed by atoms with E-state index >= 15 is 0 Å². The number of aryl methyl sites for hydroxylation is 2. The van der Waals surface area contributed by atoms with Crippen LogP contribution in [-0.4, -0.2) is 22.4 Å². The Hall–Kier alpha value is -4.71. The number of nitrogens with zero attached hydrogens (tertiary/aromatic N) is 3. The van der Waals surface area contributed by atoms with Gasteiger partial charge in [0, 0.05) is 17.1 Å². The predicted octanol–water partition coefficient (Wildman–Crippen LogP) is 5.99. The predicted molar refractivity (Wildman–Crippen MR) is 141 cm³/mol. The van der Waals surface area contributed by atoms with Crippen LogP contribution in [0.15, 0.2) is 96.6 Å². The van der Waals surface area contributed by atoms with Gasteiger partial charge in [-0.15, -0.1) is 0 Å². The molecule has 36 heavy (non-hydrogen) atoms. The summed E-state index contributed by atoms with van der Waals surface area (Å²) >= 11 is 0. The van der Waals surface area contributed by atoms with Gasteiger partial charge in [0.1, 0.15) is 5.57 Å². The lowest BCUT2D eigenvalue weighted by Gasteiger charge is -2.33. The number of barbiturate groups is 1. The quantitative estimate of drug-likeness (QED) is 0.269.